The molecule has 54 heavy (non-hydrogen) atoms. The molecule has 3 aromatic carbocycles. The number of para-hydroxylation sites is 2. The Morgan fingerprint density at radius 2 is 1.57 bits per heavy atom. The first-order valence-electron chi connectivity index (χ1n) is 17.7. The number of hydrogen-bond acceptors (Lipinski definition) is 8. The lowest BCUT2D eigenvalue weighted by Crippen LogP contribution is -2.59. The number of hydrogen-bond donors (Lipinski definition) is 3. The van der Waals surface area contributed by atoms with Crippen LogP contribution in [0.1, 0.15) is 37.5 Å². The molecule has 2 aliphatic rings. The summed E-state index contributed by atoms with van der Waals surface area (Å²) >= 11 is 6.11. The number of nitrogens with one attached hydrogen (secondary N) is 2. The molecule has 14 nitrogen and oxygen atoms in total. The molecule has 0 aliphatic carbocycles. The number of nitrogens with zero attached hydrogens (tertiary/aromatic N) is 4. The van der Waals surface area contributed by atoms with E-state index in [1.165, 1.54) is 4.31 Å². The van der Waals surface area contributed by atoms with Gasteiger partial charge >= 0.3 is 12.2 Å². The van der Waals surface area contributed by atoms with E-state index in [0.717, 1.165) is 27.8 Å². The number of carbonyl (C=O) groups excluding carboxylic acids is 3. The Balaban J connectivity index is 1.30. The number of benzene rings is 3. The number of rotatable bonds is 11. The van der Waals surface area contributed by atoms with Crippen molar-refractivity contribution in [2.45, 2.75) is 57.8 Å². The zero-order valence-electron chi connectivity index (χ0n) is 30.8. The van der Waals surface area contributed by atoms with Crippen molar-refractivity contribution in [1.29, 1.82) is 0 Å². The van der Waals surface area contributed by atoms with Gasteiger partial charge in [0.1, 0.15) is 17.7 Å². The maximum Gasteiger partial charge on any atom is 0.408 e. The van der Waals surface area contributed by atoms with Crippen molar-refractivity contribution < 1.29 is 37.4 Å². The summed E-state index contributed by atoms with van der Waals surface area (Å²) in [6.07, 6.45) is -0.447. The first kappa shape index (κ1) is 40.2. The van der Waals surface area contributed by atoms with E-state index in [1.807, 2.05) is 35.2 Å². The van der Waals surface area contributed by atoms with Gasteiger partial charge in [0.25, 0.3) is 0 Å². The third-order valence-corrected chi connectivity index (χ3v) is 10.7. The van der Waals surface area contributed by atoms with E-state index in [-0.39, 0.29) is 51.5 Å². The van der Waals surface area contributed by atoms with Crippen molar-refractivity contribution in [3.63, 3.8) is 0 Å². The smallest absolute Gasteiger partial charge is 0.408 e. The van der Waals surface area contributed by atoms with E-state index in [4.69, 9.17) is 16.3 Å². The highest BCUT2D eigenvalue weighted by Gasteiger charge is 2.38. The molecule has 4 amide bonds. The minimum atomic E-state index is -3.77. The van der Waals surface area contributed by atoms with E-state index >= 15 is 0 Å². The lowest BCUT2D eigenvalue weighted by Gasteiger charge is -2.40. The molecule has 3 N–H and O–H groups in total. The Bertz CT molecular complexity index is 1950. The monoisotopic (exact) mass is 782 g/mol. The number of anilines is 2. The summed E-state index contributed by atoms with van der Waals surface area (Å²) in [7, 11) is -3.77. The summed E-state index contributed by atoms with van der Waals surface area (Å²) in [4.78, 5) is 57.3. The van der Waals surface area contributed by atoms with Gasteiger partial charge in [-0.05, 0) is 61.7 Å². The molecule has 5 rings (SSSR count). The zero-order valence-corrected chi connectivity index (χ0v) is 32.4. The van der Waals surface area contributed by atoms with Crippen LogP contribution < -0.4 is 19.8 Å². The van der Waals surface area contributed by atoms with E-state index in [2.05, 4.69) is 10.6 Å². The first-order chi connectivity index (χ1) is 25.5. The maximum atomic E-state index is 14.2. The normalized spacial score (nSPS) is 16.5. The highest BCUT2D eigenvalue weighted by atomic mass is 35.5. The van der Waals surface area contributed by atoms with Gasteiger partial charge in [0.2, 0.25) is 21.8 Å². The van der Waals surface area contributed by atoms with Crippen LogP contribution in [0.5, 0.6) is 0 Å². The molecule has 2 aliphatic heterocycles. The van der Waals surface area contributed by atoms with Gasteiger partial charge in [-0.3, -0.25) is 18.8 Å². The van der Waals surface area contributed by atoms with Crippen LogP contribution in [0.4, 0.5) is 21.0 Å². The Hall–Kier alpha value is -5.02. The first-order valence-corrected chi connectivity index (χ1v) is 19.9. The van der Waals surface area contributed by atoms with Crippen LogP contribution in [0, 0.1) is 0 Å². The van der Waals surface area contributed by atoms with Crippen LogP contribution in [0.25, 0.3) is 0 Å². The summed E-state index contributed by atoms with van der Waals surface area (Å²) in [5, 5.41) is 16.0. The average Bonchev–Trinajstić information content (AvgIpc) is 3.12. The van der Waals surface area contributed by atoms with E-state index in [1.54, 1.807) is 68.1 Å². The molecule has 0 unspecified atom stereocenters. The fourth-order valence-corrected chi connectivity index (χ4v) is 7.71. The number of piperazine rings is 1. The predicted molar refractivity (Wildman–Crippen MR) is 206 cm³/mol. The number of amides is 4. The van der Waals surface area contributed by atoms with Crippen molar-refractivity contribution in [3.05, 3.63) is 94.5 Å². The quantitative estimate of drug-likeness (QED) is 0.259. The zero-order chi connectivity index (χ0) is 39.2. The molecule has 0 spiro atoms. The molecule has 290 valence electrons. The second-order valence-electron chi connectivity index (χ2n) is 14.4. The van der Waals surface area contributed by atoms with Gasteiger partial charge in [0.05, 0.1) is 30.7 Å². The minimum Gasteiger partial charge on any atom is -0.465 e. The van der Waals surface area contributed by atoms with Crippen molar-refractivity contribution in [2.75, 3.05) is 54.7 Å². The topological polar surface area (TPSA) is 169 Å². The number of carboxylic acid groups (broad SMARTS) is 1. The summed E-state index contributed by atoms with van der Waals surface area (Å²) in [6, 6.07) is 19.4. The van der Waals surface area contributed by atoms with Gasteiger partial charge < -0.3 is 30.3 Å². The van der Waals surface area contributed by atoms with E-state index in [9.17, 15) is 32.7 Å². The summed E-state index contributed by atoms with van der Waals surface area (Å²) < 4.78 is 32.5. The van der Waals surface area contributed by atoms with Crippen LogP contribution >= 0.6 is 11.6 Å². The number of carbonyl (C=O) groups is 4. The lowest BCUT2D eigenvalue weighted by atomic mass is 9.93. The summed E-state index contributed by atoms with van der Waals surface area (Å²) in [6.45, 7) is 6.52. The van der Waals surface area contributed by atoms with Crippen molar-refractivity contribution in [2.24, 2.45) is 0 Å². The third kappa shape index (κ3) is 10.3. The van der Waals surface area contributed by atoms with Gasteiger partial charge in [-0.2, -0.15) is 0 Å². The van der Waals surface area contributed by atoms with Crippen LogP contribution in [-0.4, -0.2) is 111 Å². The van der Waals surface area contributed by atoms with E-state index < -0.39 is 45.8 Å². The van der Waals surface area contributed by atoms with Crippen molar-refractivity contribution in [3.8, 4) is 0 Å². The van der Waals surface area contributed by atoms with Gasteiger partial charge in [0.15, 0.2) is 0 Å². The highest BCUT2D eigenvalue weighted by molar-refractivity contribution is 7.92. The minimum absolute atomic E-state index is 0.0108. The second kappa shape index (κ2) is 17.0. The molecule has 0 aromatic heterocycles. The fraction of sp³-hybridized carbons (Fsp3) is 0.421. The highest BCUT2D eigenvalue weighted by Crippen LogP contribution is 2.32. The molecular formula is C38H47ClN6O8S. The van der Waals surface area contributed by atoms with Crippen molar-refractivity contribution >= 4 is 57.0 Å². The molecule has 0 saturated carbocycles. The Morgan fingerprint density at radius 3 is 2.20 bits per heavy atom. The van der Waals surface area contributed by atoms with Crippen LogP contribution in [0.3, 0.4) is 0 Å². The third-order valence-electron chi connectivity index (χ3n) is 9.23. The number of sulfonamides is 1. The molecule has 16 heteroatoms. The molecule has 0 bridgehead atoms. The molecule has 3 aromatic rings. The van der Waals surface area contributed by atoms with Gasteiger partial charge in [-0.15, -0.1) is 0 Å². The van der Waals surface area contributed by atoms with E-state index in [0.29, 0.717) is 29.5 Å². The largest absolute Gasteiger partial charge is 0.465 e. The standard InChI is InChI=1S/C38H47ClN6O8S/c1-38(2,3)53-36(48)40-17-18-45(54(4,51)52)32-12-8-7-11-31(32)42-19-21-43(22-20-42)35(47)30(23-26-13-15-29(39)16-14-26)41-34(46)33-24-27-9-5-6-10-28(27)25-44(33)37(49)50/h5-16,30,33H,17-25H2,1-4H3,(H,40,48)(H,41,46)(H,49,50)/t30-,33+/m1/s1. The second-order valence-corrected chi connectivity index (χ2v) is 16.7. The molecule has 2 heterocycles. The van der Waals surface area contributed by atoms with Gasteiger partial charge in [0, 0.05) is 50.6 Å². The number of fused-ring (bicyclic) bond motifs is 1. The SMILES string of the molecule is CC(C)(C)OC(=O)NCCN(c1ccccc1N1CCN(C(=O)[C@@H](Cc2ccc(Cl)cc2)NC(=O)[C@@H]2Cc3ccccc3CN2C(=O)O)CC1)S(C)(=O)=O. The van der Waals surface area contributed by atoms with Gasteiger partial charge in [-0.25, -0.2) is 18.0 Å². The average molecular weight is 783 g/mol. The molecule has 2 atom stereocenters. The molecule has 1 fully saturated rings. The Morgan fingerprint density at radius 1 is 0.944 bits per heavy atom. The molecular weight excluding hydrogens is 736 g/mol. The fourth-order valence-electron chi connectivity index (χ4n) is 6.65. The predicted octanol–water partition coefficient (Wildman–Crippen LogP) is 4.11. The molecule has 0 radical (unpaired) electrons. The van der Waals surface area contributed by atoms with Gasteiger partial charge in [-0.1, -0.05) is 60.1 Å². The van der Waals surface area contributed by atoms with Crippen molar-refractivity contribution in [1.82, 2.24) is 20.4 Å². The number of alkyl carbamates (subject to hydrolysis) is 1. The Kier molecular flexibility index (Phi) is 12.6. The molecule has 1 saturated heterocycles. The lowest BCUT2D eigenvalue weighted by molar-refractivity contribution is -0.138. The van der Waals surface area contributed by atoms with Crippen LogP contribution in [-0.2, 0) is 43.7 Å². The number of halogens is 1. The van der Waals surface area contributed by atoms with Crippen LogP contribution in [0.15, 0.2) is 72.8 Å². The maximum absolute atomic E-state index is 14.2. The van der Waals surface area contributed by atoms with Crippen LogP contribution in [0.2, 0.25) is 5.02 Å². The summed E-state index contributed by atoms with van der Waals surface area (Å²) in [5.41, 5.74) is 2.83. The Labute approximate surface area is 321 Å². The summed E-state index contributed by atoms with van der Waals surface area (Å²) in [5.74, 6) is -0.885. The number of ether oxygens (including phenoxy) is 1.